The lowest BCUT2D eigenvalue weighted by Gasteiger charge is -2.46. The zero-order chi connectivity index (χ0) is 45.2. The summed E-state index contributed by atoms with van der Waals surface area (Å²) in [6.07, 6.45) is 1.55. The van der Waals surface area contributed by atoms with Crippen molar-refractivity contribution in [3.8, 4) is 0 Å². The summed E-state index contributed by atoms with van der Waals surface area (Å²) < 4.78 is 17.0. The molecule has 5 N–H and O–H groups in total. The predicted octanol–water partition coefficient (Wildman–Crippen LogP) is 4.11. The lowest BCUT2D eigenvalue weighted by atomic mass is 9.87. The fourth-order valence-electron chi connectivity index (χ4n) is 6.08. The predicted molar refractivity (Wildman–Crippen MR) is 228 cm³/mol. The number of carbonyl (C=O) groups excluding carboxylic acids is 5. The molecule has 0 heterocycles. The number of anilines is 1. The number of carbonyl (C=O) groups is 6. The van der Waals surface area contributed by atoms with Gasteiger partial charge in [0.1, 0.15) is 34.9 Å². The van der Waals surface area contributed by atoms with Crippen LogP contribution in [0, 0.1) is 5.41 Å². The van der Waals surface area contributed by atoms with Gasteiger partial charge < -0.3 is 34.7 Å². The van der Waals surface area contributed by atoms with E-state index in [1.165, 1.54) is 0 Å². The fourth-order valence-corrected chi connectivity index (χ4v) is 6.08. The lowest BCUT2D eigenvalue weighted by molar-refractivity contribution is -0.158. The Morgan fingerprint density at radius 1 is 0.746 bits per heavy atom. The molecule has 0 aromatic heterocycles. The summed E-state index contributed by atoms with van der Waals surface area (Å²) in [6.45, 7) is 24.6. The molecule has 16 heteroatoms. The first-order chi connectivity index (χ1) is 27.1. The molecule has 0 spiro atoms. The van der Waals surface area contributed by atoms with E-state index in [0.717, 1.165) is 5.56 Å². The SMILES string of the molecule is CCN(CCN(CCNC(C(=O)O)C(C)(C)C)C(CCc1ccc(NC(=O)CCC=O)cc1)(NCC(=O)OC(C)(C)C)NCC(=O)OC(C)(C)C)CC(=O)OC(C)(C)C. The number of aldehydes is 1. The van der Waals surface area contributed by atoms with Crippen LogP contribution < -0.4 is 21.3 Å². The average molecular weight is 835 g/mol. The van der Waals surface area contributed by atoms with Crippen LogP contribution in [0.2, 0.25) is 0 Å². The Morgan fingerprint density at radius 3 is 1.69 bits per heavy atom. The highest BCUT2D eigenvalue weighted by molar-refractivity contribution is 5.91. The minimum Gasteiger partial charge on any atom is -0.480 e. The highest BCUT2D eigenvalue weighted by atomic mass is 16.6. The van der Waals surface area contributed by atoms with E-state index >= 15 is 0 Å². The molecular weight excluding hydrogens is 761 g/mol. The molecule has 1 aromatic rings. The molecule has 0 bridgehead atoms. The van der Waals surface area contributed by atoms with Crippen molar-refractivity contribution in [2.45, 2.75) is 144 Å². The number of likely N-dealkylation sites (N-methyl/N-ethyl adjacent to an activating group) is 1. The summed E-state index contributed by atoms with van der Waals surface area (Å²) in [5.41, 5.74) is -1.41. The van der Waals surface area contributed by atoms with Crippen LogP contribution in [0.4, 0.5) is 5.69 Å². The zero-order valence-corrected chi connectivity index (χ0v) is 38.0. The van der Waals surface area contributed by atoms with Crippen molar-refractivity contribution in [2.24, 2.45) is 5.41 Å². The highest BCUT2D eigenvalue weighted by Crippen LogP contribution is 2.22. The molecule has 336 valence electrons. The minimum absolute atomic E-state index is 0.0205. The number of hydrogen-bond acceptors (Lipinski definition) is 14. The summed E-state index contributed by atoms with van der Waals surface area (Å²) in [4.78, 5) is 78.9. The summed E-state index contributed by atoms with van der Waals surface area (Å²) in [5, 5.41) is 22.9. The van der Waals surface area contributed by atoms with Crippen molar-refractivity contribution in [2.75, 3.05) is 57.7 Å². The van der Waals surface area contributed by atoms with Gasteiger partial charge in [-0.1, -0.05) is 39.8 Å². The van der Waals surface area contributed by atoms with Crippen LogP contribution in [-0.4, -0.2) is 132 Å². The molecule has 1 unspecified atom stereocenters. The number of aryl methyl sites for hydroxylation is 1. The maximum atomic E-state index is 13.3. The largest absolute Gasteiger partial charge is 0.480 e. The molecule has 1 aromatic carbocycles. The van der Waals surface area contributed by atoms with Gasteiger partial charge in [0.05, 0.1) is 19.6 Å². The summed E-state index contributed by atoms with van der Waals surface area (Å²) in [6, 6.07) is 6.34. The number of rotatable bonds is 25. The van der Waals surface area contributed by atoms with Gasteiger partial charge in [0, 0.05) is 44.7 Å². The quantitative estimate of drug-likeness (QED) is 0.0407. The van der Waals surface area contributed by atoms with Gasteiger partial charge in [-0.05, 0) is 105 Å². The summed E-state index contributed by atoms with van der Waals surface area (Å²) in [5.74, 6) is -4.06. The second-order valence-corrected chi connectivity index (χ2v) is 18.7. The third-order valence-electron chi connectivity index (χ3n) is 8.68. The van der Waals surface area contributed by atoms with Crippen LogP contribution in [0.5, 0.6) is 0 Å². The van der Waals surface area contributed by atoms with Gasteiger partial charge in [0.15, 0.2) is 0 Å². The molecule has 1 amide bonds. The molecular formula is C43H74N6O10. The van der Waals surface area contributed by atoms with Gasteiger partial charge in [-0.2, -0.15) is 0 Å². The third kappa shape index (κ3) is 22.8. The highest BCUT2D eigenvalue weighted by Gasteiger charge is 2.39. The van der Waals surface area contributed by atoms with Gasteiger partial charge in [-0.3, -0.25) is 44.4 Å². The number of nitrogens with one attached hydrogen (secondary N) is 4. The Morgan fingerprint density at radius 2 is 1.25 bits per heavy atom. The number of aliphatic carboxylic acids is 1. The lowest BCUT2D eigenvalue weighted by Crippen LogP contribution is -2.71. The summed E-state index contributed by atoms with van der Waals surface area (Å²) >= 11 is 0. The van der Waals surface area contributed by atoms with Gasteiger partial charge in [0.2, 0.25) is 5.91 Å². The number of nitrogens with zero attached hydrogens (tertiary/aromatic N) is 2. The number of ether oxygens (including phenoxy) is 3. The molecule has 1 atom stereocenters. The first kappa shape index (κ1) is 53.1. The first-order valence-electron chi connectivity index (χ1n) is 20.5. The van der Waals surface area contributed by atoms with E-state index in [1.807, 2.05) is 49.6 Å². The monoisotopic (exact) mass is 835 g/mol. The van der Waals surface area contributed by atoms with Gasteiger partial charge in [-0.15, -0.1) is 0 Å². The Hall–Kier alpha value is -3.96. The van der Waals surface area contributed by atoms with Crippen LogP contribution in [0.1, 0.15) is 115 Å². The van der Waals surface area contributed by atoms with Crippen molar-refractivity contribution in [1.82, 2.24) is 25.8 Å². The van der Waals surface area contributed by atoms with Crippen LogP contribution in [-0.2, 0) is 49.4 Å². The standard InChI is InChI=1S/C43H74N6O10/c1-14-48(30-36(54)59-42(11,12)13)25-26-49(24-23-44-37(38(55)56)39(2,3)4)43(45-28-34(52)57-40(5,6)7,46-29-35(53)58-41(8,9)10)22-21-31-17-19-32(20-18-31)47-33(51)16-15-27-50/h17-20,27,37,44-46H,14-16,21-26,28-30H2,1-13H3,(H,47,51)(H,55,56). The molecule has 59 heavy (non-hydrogen) atoms. The van der Waals surface area contributed by atoms with Gasteiger partial charge in [-0.25, -0.2) is 0 Å². The second-order valence-electron chi connectivity index (χ2n) is 18.7. The number of carboxylic acids is 1. The Labute approximate surface area is 352 Å². The van der Waals surface area contributed by atoms with E-state index in [1.54, 1.807) is 74.4 Å². The van der Waals surface area contributed by atoms with Crippen molar-refractivity contribution < 1.29 is 48.1 Å². The van der Waals surface area contributed by atoms with Crippen LogP contribution in [0.3, 0.4) is 0 Å². The Bertz CT molecular complexity index is 1470. The Balaban J connectivity index is 3.82. The number of benzene rings is 1. The molecule has 0 aliphatic heterocycles. The second kappa shape index (κ2) is 23.7. The van der Waals surface area contributed by atoms with E-state index < -0.39 is 52.0 Å². The van der Waals surface area contributed by atoms with E-state index in [2.05, 4.69) is 21.3 Å². The van der Waals surface area contributed by atoms with Crippen LogP contribution >= 0.6 is 0 Å². The first-order valence-corrected chi connectivity index (χ1v) is 20.5. The Kier molecular flexibility index (Phi) is 21.3. The molecule has 1 rings (SSSR count). The number of esters is 3. The maximum Gasteiger partial charge on any atom is 0.321 e. The van der Waals surface area contributed by atoms with E-state index in [9.17, 15) is 33.9 Å². The maximum absolute atomic E-state index is 13.3. The molecule has 16 nitrogen and oxygen atoms in total. The molecule has 0 fully saturated rings. The van der Waals surface area contributed by atoms with Gasteiger partial charge >= 0.3 is 23.9 Å². The molecule has 0 aliphatic rings. The normalized spacial score (nSPS) is 13.2. The number of carboxylic acid groups (broad SMARTS) is 1. The van der Waals surface area contributed by atoms with Crippen molar-refractivity contribution >= 4 is 41.8 Å². The topological polar surface area (TPSA) is 205 Å². The minimum atomic E-state index is -1.32. The van der Waals surface area contributed by atoms with Crippen molar-refractivity contribution in [3.63, 3.8) is 0 Å². The van der Waals surface area contributed by atoms with Gasteiger partial charge in [0.25, 0.3) is 0 Å². The third-order valence-corrected chi connectivity index (χ3v) is 8.68. The molecule has 0 saturated carbocycles. The number of amides is 1. The zero-order valence-electron chi connectivity index (χ0n) is 38.0. The molecule has 0 saturated heterocycles. The number of hydrogen-bond donors (Lipinski definition) is 5. The fraction of sp³-hybridized carbons (Fsp3) is 0.721. The van der Waals surface area contributed by atoms with Crippen LogP contribution in [0.15, 0.2) is 24.3 Å². The van der Waals surface area contributed by atoms with Crippen molar-refractivity contribution in [3.05, 3.63) is 29.8 Å². The molecule has 0 aliphatic carbocycles. The van der Waals surface area contributed by atoms with E-state index in [4.69, 9.17) is 14.2 Å². The smallest absolute Gasteiger partial charge is 0.321 e. The van der Waals surface area contributed by atoms with E-state index in [0.29, 0.717) is 38.0 Å². The average Bonchev–Trinajstić information content (AvgIpc) is 3.07. The van der Waals surface area contributed by atoms with Crippen LogP contribution in [0.25, 0.3) is 0 Å². The van der Waals surface area contributed by atoms with E-state index in [-0.39, 0.29) is 63.9 Å². The summed E-state index contributed by atoms with van der Waals surface area (Å²) in [7, 11) is 0. The van der Waals surface area contributed by atoms with Crippen molar-refractivity contribution in [1.29, 1.82) is 0 Å². The molecule has 0 radical (unpaired) electrons.